The highest BCUT2D eigenvalue weighted by Gasteiger charge is 2.72. The van der Waals surface area contributed by atoms with Gasteiger partial charge in [-0.1, -0.05) is 0 Å². The van der Waals surface area contributed by atoms with Gasteiger partial charge in [0.05, 0.1) is 49.1 Å². The van der Waals surface area contributed by atoms with Gasteiger partial charge in [0.25, 0.3) is 20.2 Å². The van der Waals surface area contributed by atoms with Crippen LogP contribution in [0.15, 0.2) is 22.5 Å². The molecule has 0 radical (unpaired) electrons. The molecule has 0 saturated carbocycles. The second-order valence-electron chi connectivity index (χ2n) is 9.22. The Morgan fingerprint density at radius 2 is 1.63 bits per heavy atom. The summed E-state index contributed by atoms with van der Waals surface area (Å²) in [5, 5.41) is 3.28. The number of allylic oxidation sites excluding steroid dienone is 2. The number of hydrogen-bond acceptors (Lipinski definition) is 14. The van der Waals surface area contributed by atoms with E-state index < -0.39 is 43.8 Å². The minimum Gasteiger partial charge on any atom is -0.449 e. The molecule has 15 nitrogen and oxygen atoms in total. The summed E-state index contributed by atoms with van der Waals surface area (Å²) in [6, 6.07) is 0.109. The number of piperazine rings is 1. The van der Waals surface area contributed by atoms with Crippen molar-refractivity contribution < 1.29 is 49.1 Å². The Bertz CT molecular complexity index is 1260. The molecule has 5 N–H and O–H groups in total. The van der Waals surface area contributed by atoms with Crippen molar-refractivity contribution in [2.75, 3.05) is 46.0 Å². The van der Waals surface area contributed by atoms with Crippen molar-refractivity contribution >= 4 is 37.9 Å². The van der Waals surface area contributed by atoms with Crippen molar-refractivity contribution in [1.29, 1.82) is 0 Å². The van der Waals surface area contributed by atoms with Gasteiger partial charge in [-0.15, -0.1) is 0 Å². The molecule has 0 aromatic heterocycles. The number of amides is 1. The largest absolute Gasteiger partial charge is 0.449 e. The summed E-state index contributed by atoms with van der Waals surface area (Å²) in [6.07, 6.45) is 1.83. The van der Waals surface area contributed by atoms with Crippen molar-refractivity contribution in [3.63, 3.8) is 0 Å². The number of primary amides is 1. The second kappa shape index (κ2) is 10.9. The molecule has 0 unspecified atom stereocenters. The lowest BCUT2D eigenvalue weighted by atomic mass is 9.82. The number of ether oxygens (including phenoxy) is 2. The first-order valence-electron chi connectivity index (χ1n) is 11.5. The molecule has 3 aliphatic heterocycles. The average Bonchev–Trinajstić information content (AvgIpc) is 3.42. The molecule has 4 atom stereocenters. The van der Waals surface area contributed by atoms with Gasteiger partial charge in [0.1, 0.15) is 6.61 Å². The third-order valence-electron chi connectivity index (χ3n) is 6.61. The molecule has 2 fully saturated rings. The molecule has 2 saturated heterocycles. The maximum Gasteiger partial charge on any atom is 0.404 e. The number of rotatable bonds is 10. The third-order valence-corrected chi connectivity index (χ3v) is 7.80. The Kier molecular flexibility index (Phi) is 8.59. The standard InChI is InChI=1S/C15H18N4O5.C6H14O6S2/c1-5-9(16)12(21)8-6(4-24-14(17)22)15(23-2)13-7(18-13)3-19(15)10(8)11(5)20;1-13(7,8)11-5-3-4-6-12-14(2,9)10/h6-7,13,18H,3-4,16H2,1-2H3,(H2,17,22);3-6H2,1-2H3/t6-,7+,13+,15-;/m1./s1. The molecule has 38 heavy (non-hydrogen) atoms. The fraction of sp³-hybridized carbons (Fsp3) is 0.667. The van der Waals surface area contributed by atoms with Crippen LogP contribution in [-0.4, -0.2) is 103 Å². The van der Waals surface area contributed by atoms with Crippen molar-refractivity contribution in [2.24, 2.45) is 17.4 Å². The zero-order valence-corrected chi connectivity index (χ0v) is 23.0. The van der Waals surface area contributed by atoms with Crippen LogP contribution < -0.4 is 16.8 Å². The molecule has 4 aliphatic rings. The summed E-state index contributed by atoms with van der Waals surface area (Å²) in [5.74, 6) is -1.34. The molecule has 17 heteroatoms. The summed E-state index contributed by atoms with van der Waals surface area (Å²) in [6.45, 7) is 2.01. The van der Waals surface area contributed by atoms with Gasteiger partial charge < -0.3 is 31.2 Å². The van der Waals surface area contributed by atoms with Crippen molar-refractivity contribution in [2.45, 2.75) is 37.6 Å². The Morgan fingerprint density at radius 1 is 1.08 bits per heavy atom. The third kappa shape index (κ3) is 6.02. The molecule has 1 amide bonds. The molecule has 4 rings (SSSR count). The van der Waals surface area contributed by atoms with E-state index >= 15 is 0 Å². The molecule has 0 bridgehead atoms. The number of ketones is 2. The summed E-state index contributed by atoms with van der Waals surface area (Å²) < 4.78 is 61.5. The first-order chi connectivity index (χ1) is 17.5. The molecular weight excluding hydrogens is 548 g/mol. The van der Waals surface area contributed by atoms with E-state index in [9.17, 15) is 31.2 Å². The maximum atomic E-state index is 12.8. The van der Waals surface area contributed by atoms with Crippen LogP contribution in [0.1, 0.15) is 19.8 Å². The van der Waals surface area contributed by atoms with Crippen LogP contribution in [-0.2, 0) is 47.7 Å². The lowest BCUT2D eigenvalue weighted by Crippen LogP contribution is -2.55. The van der Waals surface area contributed by atoms with Gasteiger partial charge >= 0.3 is 6.09 Å². The number of carbonyl (C=O) groups is 3. The number of hydrogen-bond donors (Lipinski definition) is 3. The number of Topliss-reactive ketones (excluding diaryl/α,β-unsaturated/α-hetero) is 2. The van der Waals surface area contributed by atoms with Crippen LogP contribution >= 0.6 is 0 Å². The molecule has 214 valence electrons. The van der Waals surface area contributed by atoms with Crippen LogP contribution in [0.25, 0.3) is 0 Å². The Morgan fingerprint density at radius 3 is 2.11 bits per heavy atom. The van der Waals surface area contributed by atoms with E-state index in [0.717, 1.165) is 12.5 Å². The highest BCUT2D eigenvalue weighted by Crippen LogP contribution is 2.55. The second-order valence-corrected chi connectivity index (χ2v) is 12.5. The van der Waals surface area contributed by atoms with Crippen LogP contribution in [0, 0.1) is 5.92 Å². The lowest BCUT2D eigenvalue weighted by molar-refractivity contribution is -0.137. The summed E-state index contributed by atoms with van der Waals surface area (Å²) in [4.78, 5) is 38.4. The minimum absolute atomic E-state index is 0.0476. The minimum atomic E-state index is -3.40. The summed E-state index contributed by atoms with van der Waals surface area (Å²) >= 11 is 0. The first-order valence-corrected chi connectivity index (χ1v) is 15.2. The van der Waals surface area contributed by atoms with Crippen molar-refractivity contribution in [3.05, 3.63) is 22.5 Å². The number of carbonyl (C=O) groups excluding carboxylic acids is 3. The van der Waals surface area contributed by atoms with E-state index in [4.69, 9.17) is 20.9 Å². The van der Waals surface area contributed by atoms with Crippen molar-refractivity contribution in [1.82, 2.24) is 10.2 Å². The summed E-state index contributed by atoms with van der Waals surface area (Å²) in [7, 11) is -5.28. The van der Waals surface area contributed by atoms with Crippen LogP contribution in [0.5, 0.6) is 0 Å². The number of nitrogens with one attached hydrogen (secondary N) is 1. The van der Waals surface area contributed by atoms with Gasteiger partial charge in [0, 0.05) is 30.8 Å². The Labute approximate surface area is 220 Å². The molecule has 0 spiro atoms. The fourth-order valence-electron chi connectivity index (χ4n) is 4.93. The zero-order valence-electron chi connectivity index (χ0n) is 21.4. The number of unbranched alkanes of at least 4 members (excludes halogenated alkanes) is 1. The molecule has 1 aliphatic carbocycles. The lowest BCUT2D eigenvalue weighted by Gasteiger charge is -2.39. The molecule has 0 aromatic carbocycles. The predicted octanol–water partition coefficient (Wildman–Crippen LogP) is -1.93. The fourth-order valence-corrected chi connectivity index (χ4v) is 5.78. The number of fused-ring (bicyclic) bond motifs is 4. The van der Waals surface area contributed by atoms with E-state index in [2.05, 4.69) is 13.7 Å². The highest BCUT2D eigenvalue weighted by atomic mass is 32.2. The van der Waals surface area contributed by atoms with E-state index in [1.807, 2.05) is 4.90 Å². The number of methoxy groups -OCH3 is 1. The zero-order chi connectivity index (χ0) is 28.6. The van der Waals surface area contributed by atoms with Gasteiger partial charge in [0.2, 0.25) is 11.6 Å². The quantitative estimate of drug-likeness (QED) is 0.110. The van der Waals surface area contributed by atoms with Crippen LogP contribution in [0.3, 0.4) is 0 Å². The number of nitrogens with two attached hydrogens (primary N) is 2. The monoisotopic (exact) mass is 580 g/mol. The van der Waals surface area contributed by atoms with Gasteiger partial charge in [0.15, 0.2) is 5.72 Å². The molecule has 0 aromatic rings. The smallest absolute Gasteiger partial charge is 0.404 e. The van der Waals surface area contributed by atoms with Gasteiger partial charge in [-0.3, -0.25) is 18.0 Å². The van der Waals surface area contributed by atoms with Crippen LogP contribution in [0.4, 0.5) is 4.79 Å². The van der Waals surface area contributed by atoms with Gasteiger partial charge in [-0.2, -0.15) is 16.8 Å². The number of nitrogens with zero attached hydrogens (tertiary/aromatic N) is 1. The topological polar surface area (TPSA) is 234 Å². The highest BCUT2D eigenvalue weighted by molar-refractivity contribution is 7.86. The first kappa shape index (κ1) is 30.0. The Hall–Kier alpha value is -2.57. The van der Waals surface area contributed by atoms with Gasteiger partial charge in [-0.25, -0.2) is 4.79 Å². The van der Waals surface area contributed by atoms with Crippen molar-refractivity contribution in [3.8, 4) is 0 Å². The van der Waals surface area contributed by atoms with Crippen LogP contribution in [0.2, 0.25) is 0 Å². The molecular formula is C21H32N4O11S2. The molecule has 3 heterocycles. The average molecular weight is 581 g/mol. The van der Waals surface area contributed by atoms with E-state index in [1.165, 1.54) is 14.0 Å². The van der Waals surface area contributed by atoms with E-state index in [1.54, 1.807) is 0 Å². The summed E-state index contributed by atoms with van der Waals surface area (Å²) in [5.41, 5.74) is 10.7. The SMILES string of the molecule is CO[C@@]12[C@H](COC(N)=O)C3=C(C(=O)C(C)=C(N)C3=O)N1C[C@@H]1N[C@@H]12.CS(=O)(=O)OCCCCOS(C)(=O)=O. The van der Waals surface area contributed by atoms with Gasteiger partial charge in [-0.05, 0) is 19.8 Å². The van der Waals surface area contributed by atoms with E-state index in [-0.39, 0.29) is 54.5 Å². The maximum absolute atomic E-state index is 12.8. The van der Waals surface area contributed by atoms with E-state index in [0.29, 0.717) is 25.1 Å². The Balaban J connectivity index is 0.000000247. The normalized spacial score (nSPS) is 28.0. The predicted molar refractivity (Wildman–Crippen MR) is 131 cm³/mol.